The smallest absolute Gasteiger partial charge is 0.272 e. The van der Waals surface area contributed by atoms with Gasteiger partial charge >= 0.3 is 0 Å². The molecule has 4 rings (SSSR count). The minimum Gasteiger partial charge on any atom is -0.350 e. The molecular weight excluding hydrogens is 336 g/mol. The summed E-state index contributed by atoms with van der Waals surface area (Å²) < 4.78 is 0. The zero-order valence-electron chi connectivity index (χ0n) is 14.2. The topological polar surface area (TPSA) is 69.8 Å². The fourth-order valence-electron chi connectivity index (χ4n) is 4.17. The summed E-state index contributed by atoms with van der Waals surface area (Å²) in [4.78, 5) is 12.7. The number of hydrogen-bond acceptors (Lipinski definition) is 3. The Morgan fingerprint density at radius 2 is 2.00 bits per heavy atom. The number of halogens is 1. The fourth-order valence-corrected chi connectivity index (χ4v) is 4.29. The van der Waals surface area contributed by atoms with E-state index in [2.05, 4.69) is 33.0 Å². The Balaban J connectivity index is 1.51. The van der Waals surface area contributed by atoms with Crippen LogP contribution >= 0.6 is 11.6 Å². The van der Waals surface area contributed by atoms with Crippen molar-refractivity contribution >= 4 is 17.5 Å². The first kappa shape index (κ1) is 16.6. The van der Waals surface area contributed by atoms with Crippen LogP contribution in [0, 0.1) is 0 Å². The molecule has 0 saturated heterocycles. The van der Waals surface area contributed by atoms with E-state index >= 15 is 0 Å². The van der Waals surface area contributed by atoms with Gasteiger partial charge in [0.2, 0.25) is 0 Å². The molecule has 0 unspecified atom stereocenters. The van der Waals surface area contributed by atoms with Gasteiger partial charge in [0, 0.05) is 47.8 Å². The van der Waals surface area contributed by atoms with Crippen molar-refractivity contribution in [2.45, 2.75) is 44.1 Å². The molecule has 1 amide bonds. The minimum atomic E-state index is -0.0820. The average molecular weight is 359 g/mol. The van der Waals surface area contributed by atoms with Gasteiger partial charge in [-0.1, -0.05) is 36.6 Å². The van der Waals surface area contributed by atoms with Gasteiger partial charge < -0.3 is 10.6 Å². The number of carbonyl (C=O) groups is 1. The highest BCUT2D eigenvalue weighted by Gasteiger charge is 2.36. The largest absolute Gasteiger partial charge is 0.350 e. The summed E-state index contributed by atoms with van der Waals surface area (Å²) in [7, 11) is 0. The van der Waals surface area contributed by atoms with E-state index in [0.29, 0.717) is 18.8 Å². The standard InChI is InChI=1S/C19H23ClN4O/c20-14-5-3-13(4-6-14)19(8-1-2-9-19)12-22-18(25)17-15-11-21-10-7-16(15)23-24-17/h3-6,21H,1-2,7-12H2,(H,22,25)(H,23,24). The molecular formula is C19H23ClN4O. The molecule has 25 heavy (non-hydrogen) atoms. The van der Waals surface area contributed by atoms with Crippen molar-refractivity contribution in [1.29, 1.82) is 0 Å². The lowest BCUT2D eigenvalue weighted by Gasteiger charge is -2.30. The highest BCUT2D eigenvalue weighted by atomic mass is 35.5. The molecule has 132 valence electrons. The summed E-state index contributed by atoms with van der Waals surface area (Å²) in [6, 6.07) is 8.07. The van der Waals surface area contributed by atoms with E-state index in [1.807, 2.05) is 12.1 Å². The Labute approximate surface area is 152 Å². The maximum Gasteiger partial charge on any atom is 0.272 e. The number of benzene rings is 1. The summed E-state index contributed by atoms with van der Waals surface area (Å²) >= 11 is 6.04. The lowest BCUT2D eigenvalue weighted by Crippen LogP contribution is -2.39. The van der Waals surface area contributed by atoms with Crippen LogP contribution in [0.25, 0.3) is 0 Å². The third-order valence-electron chi connectivity index (χ3n) is 5.63. The lowest BCUT2D eigenvalue weighted by atomic mass is 9.79. The van der Waals surface area contributed by atoms with Crippen LogP contribution in [0.15, 0.2) is 24.3 Å². The molecule has 6 heteroatoms. The number of aromatic nitrogens is 2. The number of aromatic amines is 1. The molecule has 1 aromatic carbocycles. The van der Waals surface area contributed by atoms with Gasteiger partial charge in [0.05, 0.1) is 0 Å². The first-order valence-corrected chi connectivity index (χ1v) is 9.37. The van der Waals surface area contributed by atoms with Gasteiger partial charge in [-0.15, -0.1) is 0 Å². The van der Waals surface area contributed by atoms with Gasteiger partial charge in [0.1, 0.15) is 0 Å². The normalized spacial score (nSPS) is 18.8. The number of carbonyl (C=O) groups excluding carboxylic acids is 1. The second-order valence-electron chi connectivity index (χ2n) is 7.13. The van der Waals surface area contributed by atoms with Gasteiger partial charge in [0.15, 0.2) is 5.69 Å². The first-order chi connectivity index (χ1) is 12.2. The fraction of sp³-hybridized carbons (Fsp3) is 0.474. The Kier molecular flexibility index (Phi) is 4.52. The molecule has 1 aromatic heterocycles. The monoisotopic (exact) mass is 358 g/mol. The zero-order valence-corrected chi connectivity index (χ0v) is 15.0. The Hall–Kier alpha value is -1.85. The van der Waals surface area contributed by atoms with Crippen molar-refractivity contribution in [3.8, 4) is 0 Å². The number of fused-ring (bicyclic) bond motifs is 1. The molecule has 0 spiro atoms. The van der Waals surface area contributed by atoms with E-state index < -0.39 is 0 Å². The van der Waals surface area contributed by atoms with E-state index in [9.17, 15) is 4.79 Å². The number of nitrogens with zero attached hydrogens (tertiary/aromatic N) is 1. The van der Waals surface area contributed by atoms with E-state index in [0.717, 1.165) is 42.1 Å². The molecule has 0 atom stereocenters. The molecule has 2 aliphatic rings. The van der Waals surface area contributed by atoms with Crippen LogP contribution in [0.5, 0.6) is 0 Å². The molecule has 3 N–H and O–H groups in total. The second kappa shape index (κ2) is 6.81. The van der Waals surface area contributed by atoms with Crippen LogP contribution in [-0.4, -0.2) is 29.2 Å². The molecule has 0 radical (unpaired) electrons. The molecule has 1 aliphatic heterocycles. The maximum atomic E-state index is 12.7. The molecule has 5 nitrogen and oxygen atoms in total. The summed E-state index contributed by atoms with van der Waals surface area (Å²) in [5.41, 5.74) is 3.90. The Morgan fingerprint density at radius 3 is 2.76 bits per heavy atom. The predicted molar refractivity (Wildman–Crippen MR) is 97.9 cm³/mol. The average Bonchev–Trinajstić information content (AvgIpc) is 3.28. The number of hydrogen-bond donors (Lipinski definition) is 3. The molecule has 0 bridgehead atoms. The van der Waals surface area contributed by atoms with Crippen molar-refractivity contribution in [2.24, 2.45) is 0 Å². The SMILES string of the molecule is O=C(NCC1(c2ccc(Cl)cc2)CCCC1)c1n[nH]c2c1CNCC2. The van der Waals surface area contributed by atoms with Gasteiger partial charge in [-0.05, 0) is 30.5 Å². The van der Waals surface area contributed by atoms with Crippen LogP contribution in [0.4, 0.5) is 0 Å². The number of amides is 1. The van der Waals surface area contributed by atoms with Crippen molar-refractivity contribution in [1.82, 2.24) is 20.8 Å². The quantitative estimate of drug-likeness (QED) is 0.787. The third-order valence-corrected chi connectivity index (χ3v) is 5.88. The van der Waals surface area contributed by atoms with E-state index in [-0.39, 0.29) is 11.3 Å². The van der Waals surface area contributed by atoms with Crippen LogP contribution in [0.2, 0.25) is 5.02 Å². The summed E-state index contributed by atoms with van der Waals surface area (Å²) in [5.74, 6) is -0.0820. The first-order valence-electron chi connectivity index (χ1n) is 8.99. The Bertz CT molecular complexity index is 762. The Morgan fingerprint density at radius 1 is 1.24 bits per heavy atom. The molecule has 1 aliphatic carbocycles. The molecule has 2 aromatic rings. The van der Waals surface area contributed by atoms with Crippen molar-refractivity contribution in [3.63, 3.8) is 0 Å². The van der Waals surface area contributed by atoms with Crippen molar-refractivity contribution < 1.29 is 4.79 Å². The van der Waals surface area contributed by atoms with Gasteiger partial charge in [0.25, 0.3) is 5.91 Å². The highest BCUT2D eigenvalue weighted by Crippen LogP contribution is 2.41. The number of nitrogens with one attached hydrogen (secondary N) is 3. The molecule has 1 saturated carbocycles. The number of rotatable bonds is 4. The highest BCUT2D eigenvalue weighted by molar-refractivity contribution is 6.30. The molecule has 1 fully saturated rings. The zero-order chi connectivity index (χ0) is 17.3. The van der Waals surface area contributed by atoms with Crippen LogP contribution in [-0.2, 0) is 18.4 Å². The predicted octanol–water partition coefficient (Wildman–Crippen LogP) is 2.95. The van der Waals surface area contributed by atoms with Crippen LogP contribution in [0.3, 0.4) is 0 Å². The molecule has 2 heterocycles. The summed E-state index contributed by atoms with van der Waals surface area (Å²) in [6.07, 6.45) is 5.47. The van der Waals surface area contributed by atoms with E-state index in [1.165, 1.54) is 18.4 Å². The number of H-pyrrole nitrogens is 1. The second-order valence-corrected chi connectivity index (χ2v) is 7.57. The van der Waals surface area contributed by atoms with Crippen LogP contribution in [0.1, 0.15) is 53.0 Å². The van der Waals surface area contributed by atoms with Crippen molar-refractivity contribution in [3.05, 3.63) is 51.8 Å². The van der Waals surface area contributed by atoms with Gasteiger partial charge in [-0.2, -0.15) is 5.10 Å². The van der Waals surface area contributed by atoms with E-state index in [1.54, 1.807) is 0 Å². The van der Waals surface area contributed by atoms with Crippen molar-refractivity contribution in [2.75, 3.05) is 13.1 Å². The minimum absolute atomic E-state index is 0.00880. The third kappa shape index (κ3) is 3.18. The summed E-state index contributed by atoms with van der Waals surface area (Å²) in [6.45, 7) is 2.27. The van der Waals surface area contributed by atoms with Gasteiger partial charge in [-0.3, -0.25) is 9.89 Å². The maximum absolute atomic E-state index is 12.7. The van der Waals surface area contributed by atoms with E-state index in [4.69, 9.17) is 11.6 Å². The van der Waals surface area contributed by atoms with Gasteiger partial charge in [-0.25, -0.2) is 0 Å². The lowest BCUT2D eigenvalue weighted by molar-refractivity contribution is 0.0937. The van der Waals surface area contributed by atoms with Crippen LogP contribution < -0.4 is 10.6 Å². The summed E-state index contributed by atoms with van der Waals surface area (Å²) in [5, 5.41) is 14.5.